The first kappa shape index (κ1) is 18.9. The van der Waals surface area contributed by atoms with E-state index in [1.54, 1.807) is 34.7 Å². The number of benzene rings is 1. The van der Waals surface area contributed by atoms with Crippen molar-refractivity contribution in [3.63, 3.8) is 0 Å². The number of rotatable bonds is 6. The van der Waals surface area contributed by atoms with E-state index in [-0.39, 0.29) is 17.2 Å². The fraction of sp³-hybridized carbons (Fsp3) is 0.250. The summed E-state index contributed by atoms with van der Waals surface area (Å²) in [6, 6.07) is 13.0. The molecular formula is C20H19N3O3S2. The second kappa shape index (κ2) is 8.28. The van der Waals surface area contributed by atoms with Gasteiger partial charge in [0.25, 0.3) is 5.56 Å². The quantitative estimate of drug-likeness (QED) is 0.494. The minimum absolute atomic E-state index is 0.0657. The SMILES string of the molecule is C[C@H]1Cc2nc(SCC(=O)NCc3ccco3)n(-c3ccccc3)c(=O)c2S1. The van der Waals surface area contributed by atoms with Gasteiger partial charge in [0.05, 0.1) is 34.8 Å². The largest absolute Gasteiger partial charge is 0.467 e. The molecule has 6 nitrogen and oxygen atoms in total. The van der Waals surface area contributed by atoms with Gasteiger partial charge in [-0.25, -0.2) is 4.98 Å². The number of carbonyl (C=O) groups is 1. The minimum atomic E-state index is -0.140. The summed E-state index contributed by atoms with van der Waals surface area (Å²) >= 11 is 2.84. The van der Waals surface area contributed by atoms with Crippen LogP contribution in [0.5, 0.6) is 0 Å². The average molecular weight is 414 g/mol. The molecule has 0 unspecified atom stereocenters. The number of para-hydroxylation sites is 1. The zero-order valence-electron chi connectivity index (χ0n) is 15.3. The second-order valence-electron chi connectivity index (χ2n) is 6.42. The molecule has 1 aliphatic heterocycles. The van der Waals surface area contributed by atoms with E-state index in [9.17, 15) is 9.59 Å². The Morgan fingerprint density at radius 2 is 2.14 bits per heavy atom. The summed E-state index contributed by atoms with van der Waals surface area (Å²) in [7, 11) is 0. The predicted octanol–water partition coefficient (Wildman–Crippen LogP) is 3.27. The van der Waals surface area contributed by atoms with Crippen molar-refractivity contribution in [3.8, 4) is 5.69 Å². The van der Waals surface area contributed by atoms with E-state index < -0.39 is 0 Å². The van der Waals surface area contributed by atoms with Crippen LogP contribution < -0.4 is 10.9 Å². The molecule has 1 aromatic carbocycles. The summed E-state index contributed by atoms with van der Waals surface area (Å²) < 4.78 is 6.82. The van der Waals surface area contributed by atoms with Crippen LogP contribution in [0.4, 0.5) is 0 Å². The van der Waals surface area contributed by atoms with Gasteiger partial charge >= 0.3 is 0 Å². The predicted molar refractivity (Wildman–Crippen MR) is 110 cm³/mol. The number of nitrogens with one attached hydrogen (secondary N) is 1. The Hall–Kier alpha value is -2.45. The Balaban J connectivity index is 1.57. The minimum Gasteiger partial charge on any atom is -0.467 e. The van der Waals surface area contributed by atoms with Crippen LogP contribution in [0.25, 0.3) is 5.69 Å². The van der Waals surface area contributed by atoms with Gasteiger partial charge in [-0.05, 0) is 24.3 Å². The zero-order valence-corrected chi connectivity index (χ0v) is 16.9. The van der Waals surface area contributed by atoms with Gasteiger partial charge in [-0.15, -0.1) is 11.8 Å². The summed E-state index contributed by atoms with van der Waals surface area (Å²) in [5, 5.41) is 3.69. The normalized spacial score (nSPS) is 15.4. The van der Waals surface area contributed by atoms with E-state index in [4.69, 9.17) is 9.40 Å². The highest BCUT2D eigenvalue weighted by atomic mass is 32.2. The van der Waals surface area contributed by atoms with Gasteiger partial charge < -0.3 is 9.73 Å². The molecule has 0 bridgehead atoms. The number of furan rings is 1. The van der Waals surface area contributed by atoms with Gasteiger partial charge in [-0.1, -0.05) is 36.9 Å². The van der Waals surface area contributed by atoms with E-state index in [1.807, 2.05) is 30.3 Å². The van der Waals surface area contributed by atoms with E-state index in [1.165, 1.54) is 11.8 Å². The van der Waals surface area contributed by atoms with Gasteiger partial charge in [0, 0.05) is 11.7 Å². The molecule has 1 amide bonds. The summed E-state index contributed by atoms with van der Waals surface area (Å²) in [4.78, 5) is 30.8. The molecule has 1 atom stereocenters. The molecule has 0 aliphatic carbocycles. The first-order valence-corrected chi connectivity index (χ1v) is 10.8. The maximum Gasteiger partial charge on any atom is 0.272 e. The first-order chi connectivity index (χ1) is 13.6. The highest BCUT2D eigenvalue weighted by molar-refractivity contribution is 8.00. The third-order valence-electron chi connectivity index (χ3n) is 4.27. The number of amides is 1. The van der Waals surface area contributed by atoms with Gasteiger partial charge in [-0.2, -0.15) is 0 Å². The molecule has 0 fully saturated rings. The van der Waals surface area contributed by atoms with Crippen LogP contribution in [0.15, 0.2) is 68.0 Å². The molecule has 1 aliphatic rings. The molecule has 28 heavy (non-hydrogen) atoms. The Labute approximate surface area is 170 Å². The number of thioether (sulfide) groups is 2. The van der Waals surface area contributed by atoms with Crippen molar-refractivity contribution in [2.24, 2.45) is 0 Å². The summed E-state index contributed by atoms with van der Waals surface area (Å²) in [5.41, 5.74) is 1.51. The first-order valence-electron chi connectivity index (χ1n) is 8.91. The van der Waals surface area contributed by atoms with Gasteiger partial charge in [-0.3, -0.25) is 14.2 Å². The maximum absolute atomic E-state index is 13.1. The lowest BCUT2D eigenvalue weighted by Crippen LogP contribution is -2.27. The highest BCUT2D eigenvalue weighted by Crippen LogP contribution is 2.34. The fourth-order valence-corrected chi connectivity index (χ4v) is 4.94. The van der Waals surface area contributed by atoms with Crippen molar-refractivity contribution in [2.45, 2.75) is 35.2 Å². The van der Waals surface area contributed by atoms with Crippen LogP contribution in [0.2, 0.25) is 0 Å². The van der Waals surface area contributed by atoms with Crippen molar-refractivity contribution in [1.82, 2.24) is 14.9 Å². The molecule has 1 N–H and O–H groups in total. The van der Waals surface area contributed by atoms with E-state index in [0.29, 0.717) is 27.6 Å². The number of fused-ring (bicyclic) bond motifs is 1. The molecule has 0 saturated heterocycles. The molecule has 4 rings (SSSR count). The lowest BCUT2D eigenvalue weighted by Gasteiger charge is -2.13. The Morgan fingerprint density at radius 1 is 1.32 bits per heavy atom. The summed E-state index contributed by atoms with van der Waals surface area (Å²) in [5.74, 6) is 0.723. The van der Waals surface area contributed by atoms with Crippen LogP contribution in [0, 0.1) is 0 Å². The Bertz CT molecular complexity index is 1030. The van der Waals surface area contributed by atoms with Crippen LogP contribution in [-0.2, 0) is 17.8 Å². The van der Waals surface area contributed by atoms with Crippen molar-refractivity contribution in [1.29, 1.82) is 0 Å². The van der Waals surface area contributed by atoms with E-state index in [2.05, 4.69) is 12.2 Å². The highest BCUT2D eigenvalue weighted by Gasteiger charge is 2.27. The molecule has 0 saturated carbocycles. The van der Waals surface area contributed by atoms with Crippen LogP contribution in [0.3, 0.4) is 0 Å². The molecule has 0 spiro atoms. The van der Waals surface area contributed by atoms with Crippen LogP contribution >= 0.6 is 23.5 Å². The standard InChI is InChI=1S/C20H19N3O3S2/c1-13-10-16-18(28-13)19(25)23(14-6-3-2-4-7-14)20(22-16)27-12-17(24)21-11-15-8-5-9-26-15/h2-9,13H,10-12H2,1H3,(H,21,24)/t13-/m0/s1. The number of carbonyl (C=O) groups excluding carboxylic acids is 1. The Kier molecular flexibility index (Phi) is 5.59. The molecule has 3 aromatic rings. The fourth-order valence-electron chi connectivity index (χ4n) is 2.98. The number of nitrogens with zero attached hydrogens (tertiary/aromatic N) is 2. The molecule has 8 heteroatoms. The monoisotopic (exact) mass is 413 g/mol. The van der Waals surface area contributed by atoms with Gasteiger partial charge in [0.2, 0.25) is 5.91 Å². The molecule has 0 radical (unpaired) electrons. The molecule has 144 valence electrons. The average Bonchev–Trinajstić information content (AvgIpc) is 3.34. The lowest BCUT2D eigenvalue weighted by atomic mass is 10.2. The topological polar surface area (TPSA) is 77.1 Å². The lowest BCUT2D eigenvalue weighted by molar-refractivity contribution is -0.118. The Morgan fingerprint density at radius 3 is 2.89 bits per heavy atom. The summed E-state index contributed by atoms with van der Waals surface area (Å²) in [6.45, 7) is 2.43. The molecule has 3 heterocycles. The van der Waals surface area contributed by atoms with Gasteiger partial charge in [0.15, 0.2) is 5.16 Å². The third kappa shape index (κ3) is 4.02. The van der Waals surface area contributed by atoms with Crippen molar-refractivity contribution in [2.75, 3.05) is 5.75 Å². The third-order valence-corrected chi connectivity index (χ3v) is 6.42. The van der Waals surface area contributed by atoms with Crippen LogP contribution in [-0.4, -0.2) is 26.5 Å². The number of hydrogen-bond acceptors (Lipinski definition) is 6. The van der Waals surface area contributed by atoms with Crippen molar-refractivity contribution in [3.05, 3.63) is 70.5 Å². The molecular weight excluding hydrogens is 394 g/mol. The maximum atomic E-state index is 13.1. The van der Waals surface area contributed by atoms with E-state index in [0.717, 1.165) is 17.8 Å². The van der Waals surface area contributed by atoms with Crippen molar-refractivity contribution >= 4 is 29.4 Å². The second-order valence-corrected chi connectivity index (χ2v) is 8.81. The van der Waals surface area contributed by atoms with E-state index >= 15 is 0 Å². The number of hydrogen-bond donors (Lipinski definition) is 1. The number of aromatic nitrogens is 2. The molecule has 2 aromatic heterocycles. The smallest absolute Gasteiger partial charge is 0.272 e. The van der Waals surface area contributed by atoms with Gasteiger partial charge in [0.1, 0.15) is 5.76 Å². The zero-order chi connectivity index (χ0) is 19.5. The van der Waals surface area contributed by atoms with Crippen LogP contribution in [0.1, 0.15) is 18.4 Å². The summed E-state index contributed by atoms with van der Waals surface area (Å²) in [6.07, 6.45) is 2.34. The van der Waals surface area contributed by atoms with Crippen molar-refractivity contribution < 1.29 is 9.21 Å².